The molecule has 2 aromatic heterocycles. The van der Waals surface area contributed by atoms with Crippen LogP contribution >= 0.6 is 11.8 Å². The molecule has 2 heterocycles. The summed E-state index contributed by atoms with van der Waals surface area (Å²) in [7, 11) is 0. The smallest absolute Gasteiger partial charge is 0.272 e. The maximum absolute atomic E-state index is 12.4. The number of H-pyrrole nitrogens is 2. The number of benzene rings is 2. The van der Waals surface area contributed by atoms with E-state index in [9.17, 15) is 19.2 Å². The largest absolute Gasteiger partial charge is 0.346 e. The van der Waals surface area contributed by atoms with E-state index in [2.05, 4.69) is 31.9 Å². The first-order valence-corrected chi connectivity index (χ1v) is 11.4. The van der Waals surface area contributed by atoms with Crippen molar-refractivity contribution in [1.82, 2.24) is 25.1 Å². The summed E-state index contributed by atoms with van der Waals surface area (Å²) >= 11 is 1.26. The van der Waals surface area contributed by atoms with Gasteiger partial charge in [-0.2, -0.15) is 0 Å². The first-order valence-electron chi connectivity index (χ1n) is 10.4. The number of hydrogen-bond donors (Lipinski definition) is 4. The number of rotatable bonds is 7. The highest BCUT2D eigenvalue weighted by Gasteiger charge is 2.14. The molecular weight excluding hydrogens is 456 g/mol. The van der Waals surface area contributed by atoms with Crippen LogP contribution in [0, 0.1) is 13.8 Å². The minimum Gasteiger partial charge on any atom is -0.346 e. The van der Waals surface area contributed by atoms with E-state index in [1.807, 2.05) is 36.7 Å². The van der Waals surface area contributed by atoms with Crippen LogP contribution in [-0.2, 0) is 9.59 Å². The van der Waals surface area contributed by atoms with E-state index in [4.69, 9.17) is 0 Å². The quantitative estimate of drug-likeness (QED) is 0.299. The number of carbonyl (C=O) groups excluding carboxylic acids is 2. The summed E-state index contributed by atoms with van der Waals surface area (Å²) in [6.45, 7) is 3.73. The molecule has 0 saturated heterocycles. The summed E-state index contributed by atoms with van der Waals surface area (Å²) in [5, 5.41) is 10.5. The van der Waals surface area contributed by atoms with Gasteiger partial charge in [-0.1, -0.05) is 30.0 Å². The van der Waals surface area contributed by atoms with E-state index < -0.39 is 17.0 Å². The molecule has 0 fully saturated rings. The lowest BCUT2D eigenvalue weighted by Crippen LogP contribution is -2.34. The Labute approximate surface area is 197 Å². The minimum absolute atomic E-state index is 0.0679. The fraction of sp³-hybridized carbons (Fsp3) is 0.174. The molecule has 4 aromatic rings. The van der Waals surface area contributed by atoms with Crippen molar-refractivity contribution in [3.05, 3.63) is 80.6 Å². The predicted octanol–water partition coefficient (Wildman–Crippen LogP) is 1.87. The van der Waals surface area contributed by atoms with Crippen molar-refractivity contribution in [1.29, 1.82) is 0 Å². The van der Waals surface area contributed by atoms with Crippen molar-refractivity contribution < 1.29 is 9.59 Å². The Morgan fingerprint density at radius 1 is 1.06 bits per heavy atom. The van der Waals surface area contributed by atoms with Crippen LogP contribution < -0.4 is 21.8 Å². The molecule has 2 amide bonds. The van der Waals surface area contributed by atoms with Gasteiger partial charge in [0.05, 0.1) is 34.4 Å². The topological polar surface area (TPSA) is 142 Å². The summed E-state index contributed by atoms with van der Waals surface area (Å²) in [5.74, 6) is -0.802. The van der Waals surface area contributed by atoms with Crippen LogP contribution in [0.3, 0.4) is 0 Å². The molecule has 34 heavy (non-hydrogen) atoms. The van der Waals surface area contributed by atoms with Gasteiger partial charge in [-0.3, -0.25) is 33.9 Å². The number of aromatic amines is 2. The lowest BCUT2D eigenvalue weighted by Gasteiger charge is -2.11. The van der Waals surface area contributed by atoms with Crippen molar-refractivity contribution in [2.45, 2.75) is 19.0 Å². The number of anilines is 1. The van der Waals surface area contributed by atoms with Crippen LogP contribution in [0.5, 0.6) is 0 Å². The van der Waals surface area contributed by atoms with Crippen molar-refractivity contribution in [2.24, 2.45) is 0 Å². The van der Waals surface area contributed by atoms with Crippen LogP contribution in [0.2, 0.25) is 0 Å². The van der Waals surface area contributed by atoms with Gasteiger partial charge in [-0.15, -0.1) is 0 Å². The summed E-state index contributed by atoms with van der Waals surface area (Å²) < 4.78 is 1.92. The number of nitrogens with zero attached hydrogens (tertiary/aromatic N) is 2. The fourth-order valence-electron chi connectivity index (χ4n) is 3.45. The van der Waals surface area contributed by atoms with E-state index >= 15 is 0 Å². The molecule has 0 radical (unpaired) electrons. The third-order valence-corrected chi connectivity index (χ3v) is 6.08. The number of thioether (sulfide) groups is 1. The van der Waals surface area contributed by atoms with Gasteiger partial charge in [-0.05, 0) is 43.2 Å². The highest BCUT2D eigenvalue weighted by molar-refractivity contribution is 7.99. The van der Waals surface area contributed by atoms with E-state index in [1.54, 1.807) is 12.3 Å². The normalized spacial score (nSPS) is 10.9. The third kappa shape index (κ3) is 4.94. The molecule has 0 unspecified atom stereocenters. The SMILES string of the molecule is Cc1ccc(C)c(-n2ccnc2SCC(=O)NCC(=O)Nc2cccc3c(=O)[nH][nH]c(=O)c23)c1. The third-order valence-electron chi connectivity index (χ3n) is 5.11. The number of amides is 2. The summed E-state index contributed by atoms with van der Waals surface area (Å²) in [6.07, 6.45) is 3.51. The van der Waals surface area contributed by atoms with E-state index in [-0.39, 0.29) is 34.7 Å². The van der Waals surface area contributed by atoms with Crippen molar-refractivity contribution in [3.63, 3.8) is 0 Å². The van der Waals surface area contributed by atoms with Gasteiger partial charge in [0.15, 0.2) is 5.16 Å². The van der Waals surface area contributed by atoms with Gasteiger partial charge in [0.25, 0.3) is 11.1 Å². The monoisotopic (exact) mass is 478 g/mol. The Morgan fingerprint density at radius 3 is 2.68 bits per heavy atom. The number of hydrogen-bond acceptors (Lipinski definition) is 6. The Balaban J connectivity index is 1.36. The molecule has 0 aliphatic carbocycles. The molecule has 0 aliphatic heterocycles. The van der Waals surface area contributed by atoms with E-state index in [0.29, 0.717) is 5.16 Å². The highest BCUT2D eigenvalue weighted by atomic mass is 32.2. The molecule has 4 rings (SSSR count). The van der Waals surface area contributed by atoms with Crippen molar-refractivity contribution in [2.75, 3.05) is 17.6 Å². The second kappa shape index (κ2) is 9.79. The van der Waals surface area contributed by atoms with Crippen molar-refractivity contribution >= 4 is 40.0 Å². The fourth-order valence-corrected chi connectivity index (χ4v) is 4.24. The molecule has 0 bridgehead atoms. The molecule has 4 N–H and O–H groups in total. The van der Waals surface area contributed by atoms with Gasteiger partial charge < -0.3 is 10.6 Å². The molecular formula is C23H22N6O4S. The van der Waals surface area contributed by atoms with Gasteiger partial charge in [0, 0.05) is 12.4 Å². The molecule has 0 aliphatic rings. The minimum atomic E-state index is -0.537. The summed E-state index contributed by atoms with van der Waals surface area (Å²) in [5.41, 5.74) is 2.37. The number of carbonyl (C=O) groups is 2. The number of fused-ring (bicyclic) bond motifs is 1. The van der Waals surface area contributed by atoms with Crippen LogP contribution in [0.1, 0.15) is 11.1 Å². The first-order chi connectivity index (χ1) is 16.3. The zero-order valence-electron chi connectivity index (χ0n) is 18.5. The average Bonchev–Trinajstić information content (AvgIpc) is 3.29. The van der Waals surface area contributed by atoms with Crippen LogP contribution in [0.25, 0.3) is 16.5 Å². The van der Waals surface area contributed by atoms with E-state index in [0.717, 1.165) is 16.8 Å². The maximum Gasteiger partial charge on any atom is 0.272 e. The lowest BCUT2D eigenvalue weighted by atomic mass is 10.1. The highest BCUT2D eigenvalue weighted by Crippen LogP contribution is 2.23. The Hall–Kier alpha value is -4.12. The Bertz CT molecular complexity index is 1500. The van der Waals surface area contributed by atoms with E-state index in [1.165, 1.54) is 23.9 Å². The molecule has 2 aromatic carbocycles. The van der Waals surface area contributed by atoms with Gasteiger partial charge >= 0.3 is 0 Å². The zero-order valence-corrected chi connectivity index (χ0v) is 19.3. The first kappa shape index (κ1) is 23.1. The van der Waals surface area contributed by atoms with Crippen LogP contribution in [0.15, 0.2) is 63.5 Å². The second-order valence-corrected chi connectivity index (χ2v) is 8.56. The van der Waals surface area contributed by atoms with Crippen LogP contribution in [-0.4, -0.2) is 43.9 Å². The summed E-state index contributed by atoms with van der Waals surface area (Å²) in [4.78, 5) is 53.0. The number of imidazole rings is 1. The van der Waals surface area contributed by atoms with Gasteiger partial charge in [0.2, 0.25) is 11.8 Å². The number of aromatic nitrogens is 4. The molecule has 0 atom stereocenters. The summed E-state index contributed by atoms with van der Waals surface area (Å²) in [6, 6.07) is 10.7. The molecule has 0 spiro atoms. The molecule has 11 heteroatoms. The number of aryl methyl sites for hydroxylation is 2. The lowest BCUT2D eigenvalue weighted by molar-refractivity contribution is -0.122. The average molecular weight is 479 g/mol. The predicted molar refractivity (Wildman–Crippen MR) is 131 cm³/mol. The Morgan fingerprint density at radius 2 is 1.85 bits per heavy atom. The van der Waals surface area contributed by atoms with Gasteiger partial charge in [-0.25, -0.2) is 4.98 Å². The van der Waals surface area contributed by atoms with Gasteiger partial charge in [0.1, 0.15) is 0 Å². The second-order valence-electron chi connectivity index (χ2n) is 7.62. The van der Waals surface area contributed by atoms with Crippen molar-refractivity contribution in [3.8, 4) is 5.69 Å². The standard InChI is InChI=1S/C23H22N6O4S/c1-13-6-7-14(2)17(10-13)29-9-8-24-23(29)34-12-19(31)25-11-18(30)26-16-5-3-4-15-20(16)22(33)28-27-21(15)32/h3-10H,11-12H2,1-2H3,(H,25,31)(H,26,30)(H,27,32)(H,28,33). The zero-order chi connectivity index (χ0) is 24.2. The number of nitrogens with one attached hydrogen (secondary N) is 4. The Kier molecular flexibility index (Phi) is 6.64. The molecule has 10 nitrogen and oxygen atoms in total. The molecule has 0 saturated carbocycles. The maximum atomic E-state index is 12.4. The molecule has 174 valence electrons. The van der Waals surface area contributed by atoms with Crippen LogP contribution in [0.4, 0.5) is 5.69 Å².